The lowest BCUT2D eigenvalue weighted by atomic mass is 10.1. The van der Waals surface area contributed by atoms with Crippen molar-refractivity contribution in [1.29, 1.82) is 0 Å². The molecule has 3 rings (SSSR count). The summed E-state index contributed by atoms with van der Waals surface area (Å²) in [7, 11) is 1.69. The van der Waals surface area contributed by atoms with E-state index in [0.29, 0.717) is 12.1 Å². The lowest BCUT2D eigenvalue weighted by Gasteiger charge is -2.21. The van der Waals surface area contributed by atoms with Crippen molar-refractivity contribution in [3.63, 3.8) is 0 Å². The number of hydrogen-bond acceptors (Lipinski definition) is 3. The van der Waals surface area contributed by atoms with Gasteiger partial charge in [-0.05, 0) is 19.4 Å². The fourth-order valence-electron chi connectivity index (χ4n) is 2.81. The third-order valence-electron chi connectivity index (χ3n) is 4.12. The number of benzene rings is 1. The van der Waals surface area contributed by atoms with Gasteiger partial charge in [0.1, 0.15) is 11.6 Å². The standard InChI is InChI=1S/C16H20FN5O/c1-11(12-6-3-4-7-13(12)17)18-16(23)21(2)10-15-20-19-14-8-5-9-22(14)15/h3-4,6-7,11H,5,8-10H2,1-2H3,(H,18,23)/t11-/m1/s1. The number of fused-ring (bicyclic) bond motifs is 1. The molecule has 0 bridgehead atoms. The average Bonchev–Trinajstić information content (AvgIpc) is 3.12. The van der Waals surface area contributed by atoms with Crippen molar-refractivity contribution in [3.8, 4) is 0 Å². The predicted molar refractivity (Wildman–Crippen MR) is 83.2 cm³/mol. The van der Waals surface area contributed by atoms with E-state index in [1.165, 1.54) is 11.0 Å². The van der Waals surface area contributed by atoms with Gasteiger partial charge in [0.05, 0.1) is 12.6 Å². The van der Waals surface area contributed by atoms with E-state index in [2.05, 4.69) is 20.1 Å². The molecular weight excluding hydrogens is 297 g/mol. The molecule has 2 aromatic rings. The second-order valence-electron chi connectivity index (χ2n) is 5.84. The first-order valence-electron chi connectivity index (χ1n) is 7.73. The summed E-state index contributed by atoms with van der Waals surface area (Å²) in [6.45, 7) is 3.04. The lowest BCUT2D eigenvalue weighted by molar-refractivity contribution is 0.201. The molecule has 1 aromatic carbocycles. The summed E-state index contributed by atoms with van der Waals surface area (Å²) in [6, 6.07) is 5.77. The fourth-order valence-corrected chi connectivity index (χ4v) is 2.81. The largest absolute Gasteiger partial charge is 0.331 e. The molecule has 1 aliphatic heterocycles. The van der Waals surface area contributed by atoms with E-state index >= 15 is 0 Å². The summed E-state index contributed by atoms with van der Waals surface area (Å²) in [4.78, 5) is 13.8. The number of nitrogens with one attached hydrogen (secondary N) is 1. The van der Waals surface area contributed by atoms with Crippen LogP contribution < -0.4 is 5.32 Å². The molecule has 0 unspecified atom stereocenters. The monoisotopic (exact) mass is 317 g/mol. The van der Waals surface area contributed by atoms with E-state index in [0.717, 1.165) is 31.0 Å². The van der Waals surface area contributed by atoms with Crippen molar-refractivity contribution in [2.24, 2.45) is 0 Å². The number of amides is 2. The minimum atomic E-state index is -0.407. The highest BCUT2D eigenvalue weighted by molar-refractivity contribution is 5.74. The number of halogens is 1. The lowest BCUT2D eigenvalue weighted by Crippen LogP contribution is -2.38. The zero-order chi connectivity index (χ0) is 16.4. The van der Waals surface area contributed by atoms with Crippen molar-refractivity contribution in [2.75, 3.05) is 7.05 Å². The van der Waals surface area contributed by atoms with Gasteiger partial charge in [-0.3, -0.25) is 0 Å². The van der Waals surface area contributed by atoms with Gasteiger partial charge in [-0.1, -0.05) is 18.2 Å². The summed E-state index contributed by atoms with van der Waals surface area (Å²) in [5.74, 6) is 1.44. The van der Waals surface area contributed by atoms with Crippen LogP contribution in [0.4, 0.5) is 9.18 Å². The minimum absolute atomic E-state index is 0.267. The molecule has 23 heavy (non-hydrogen) atoms. The van der Waals surface area contributed by atoms with Crippen LogP contribution >= 0.6 is 0 Å². The summed E-state index contributed by atoms with van der Waals surface area (Å²) < 4.78 is 15.8. The number of rotatable bonds is 4. The molecule has 1 N–H and O–H groups in total. The second kappa shape index (κ2) is 6.36. The Balaban J connectivity index is 1.62. The molecule has 6 nitrogen and oxygen atoms in total. The second-order valence-corrected chi connectivity index (χ2v) is 5.84. The van der Waals surface area contributed by atoms with Crippen LogP contribution in [0.5, 0.6) is 0 Å². The van der Waals surface area contributed by atoms with Gasteiger partial charge in [0.2, 0.25) is 0 Å². The van der Waals surface area contributed by atoms with Crippen LogP contribution in [-0.4, -0.2) is 32.7 Å². The highest BCUT2D eigenvalue weighted by Gasteiger charge is 2.21. The van der Waals surface area contributed by atoms with Gasteiger partial charge in [-0.25, -0.2) is 9.18 Å². The Bertz CT molecular complexity index is 714. The molecular formula is C16H20FN5O. The van der Waals surface area contributed by atoms with Crippen molar-refractivity contribution in [3.05, 3.63) is 47.3 Å². The van der Waals surface area contributed by atoms with Crippen LogP contribution in [-0.2, 0) is 19.5 Å². The molecule has 0 saturated carbocycles. The number of nitrogens with zero attached hydrogens (tertiary/aromatic N) is 4. The van der Waals surface area contributed by atoms with E-state index in [1.54, 1.807) is 32.2 Å². The fraction of sp³-hybridized carbons (Fsp3) is 0.438. The number of aromatic nitrogens is 3. The summed E-state index contributed by atoms with van der Waals surface area (Å²) in [5, 5.41) is 11.1. The Morgan fingerprint density at radius 1 is 1.43 bits per heavy atom. The Labute approximate surface area is 134 Å². The molecule has 0 spiro atoms. The molecule has 122 valence electrons. The van der Waals surface area contributed by atoms with Crippen LogP contribution in [0.1, 0.15) is 36.6 Å². The van der Waals surface area contributed by atoms with Crippen LogP contribution in [0.3, 0.4) is 0 Å². The summed E-state index contributed by atoms with van der Waals surface area (Å²) in [6.07, 6.45) is 2.01. The van der Waals surface area contributed by atoms with Crippen molar-refractivity contribution in [1.82, 2.24) is 25.0 Å². The smallest absolute Gasteiger partial charge is 0.318 e. The molecule has 2 heterocycles. The first-order valence-corrected chi connectivity index (χ1v) is 7.73. The molecule has 0 fully saturated rings. The average molecular weight is 317 g/mol. The van der Waals surface area contributed by atoms with Crippen LogP contribution in [0.2, 0.25) is 0 Å². The van der Waals surface area contributed by atoms with E-state index in [4.69, 9.17) is 0 Å². The molecule has 0 saturated heterocycles. The maximum absolute atomic E-state index is 13.8. The van der Waals surface area contributed by atoms with Crippen molar-refractivity contribution in [2.45, 2.75) is 38.9 Å². The van der Waals surface area contributed by atoms with E-state index in [1.807, 2.05) is 0 Å². The van der Waals surface area contributed by atoms with Gasteiger partial charge in [0.25, 0.3) is 0 Å². The molecule has 1 aromatic heterocycles. The van der Waals surface area contributed by atoms with E-state index in [9.17, 15) is 9.18 Å². The Hall–Kier alpha value is -2.44. The SMILES string of the molecule is C[C@@H](NC(=O)N(C)Cc1nnc2n1CCC2)c1ccccc1F. The van der Waals surface area contributed by atoms with Gasteiger partial charge in [0.15, 0.2) is 5.82 Å². The first-order chi connectivity index (χ1) is 11.1. The summed E-state index contributed by atoms with van der Waals surface area (Å²) in [5.41, 5.74) is 0.470. The number of urea groups is 1. The van der Waals surface area contributed by atoms with Crippen LogP contribution in [0.25, 0.3) is 0 Å². The van der Waals surface area contributed by atoms with Gasteiger partial charge < -0.3 is 14.8 Å². The van der Waals surface area contributed by atoms with Gasteiger partial charge in [-0.15, -0.1) is 10.2 Å². The number of aryl methyl sites for hydroxylation is 1. The molecule has 2 amide bonds. The molecule has 1 aliphatic rings. The normalized spacial score (nSPS) is 14.4. The van der Waals surface area contributed by atoms with Crippen LogP contribution in [0.15, 0.2) is 24.3 Å². The zero-order valence-corrected chi connectivity index (χ0v) is 13.3. The highest BCUT2D eigenvalue weighted by atomic mass is 19.1. The number of carbonyl (C=O) groups is 1. The van der Waals surface area contributed by atoms with E-state index < -0.39 is 6.04 Å². The zero-order valence-electron chi connectivity index (χ0n) is 13.3. The molecule has 0 aliphatic carbocycles. The van der Waals surface area contributed by atoms with Gasteiger partial charge in [-0.2, -0.15) is 0 Å². The topological polar surface area (TPSA) is 63.1 Å². The summed E-state index contributed by atoms with van der Waals surface area (Å²) >= 11 is 0. The Morgan fingerprint density at radius 2 is 2.22 bits per heavy atom. The quantitative estimate of drug-likeness (QED) is 0.941. The minimum Gasteiger partial charge on any atom is -0.331 e. The maximum atomic E-state index is 13.8. The van der Waals surface area contributed by atoms with Crippen LogP contribution in [0, 0.1) is 5.82 Å². The highest BCUT2D eigenvalue weighted by Crippen LogP contribution is 2.17. The van der Waals surface area contributed by atoms with E-state index in [-0.39, 0.29) is 11.8 Å². The molecule has 1 atom stereocenters. The van der Waals surface area contributed by atoms with Gasteiger partial charge in [0, 0.05) is 25.6 Å². The number of carbonyl (C=O) groups excluding carboxylic acids is 1. The number of hydrogen-bond donors (Lipinski definition) is 1. The van der Waals surface area contributed by atoms with Gasteiger partial charge >= 0.3 is 6.03 Å². The van der Waals surface area contributed by atoms with Crippen molar-refractivity contribution >= 4 is 6.03 Å². The maximum Gasteiger partial charge on any atom is 0.318 e. The molecule has 0 radical (unpaired) electrons. The third-order valence-corrected chi connectivity index (χ3v) is 4.12. The van der Waals surface area contributed by atoms with Crippen molar-refractivity contribution < 1.29 is 9.18 Å². The third kappa shape index (κ3) is 3.18. The Morgan fingerprint density at radius 3 is 3.00 bits per heavy atom. The first kappa shape index (κ1) is 15.5. The predicted octanol–water partition coefficient (Wildman–Crippen LogP) is 2.27. The Kier molecular flexibility index (Phi) is 4.27. The molecule has 7 heteroatoms.